The van der Waals surface area contributed by atoms with Gasteiger partial charge < -0.3 is 20.1 Å². The molecule has 1 aliphatic heterocycles. The number of morpholine rings is 1. The number of nitrogens with one attached hydrogen (secondary N) is 1. The first-order valence-corrected chi connectivity index (χ1v) is 5.34. The number of nitrogens with zero attached hydrogens (tertiary/aromatic N) is 1. The molecule has 1 rings (SSSR count). The van der Waals surface area contributed by atoms with Crippen LogP contribution in [0.1, 0.15) is 20.8 Å². The van der Waals surface area contributed by atoms with Crippen LogP contribution in [0.2, 0.25) is 0 Å². The Morgan fingerprint density at radius 2 is 2.07 bits per heavy atom. The van der Waals surface area contributed by atoms with Crippen LogP contribution in [0.15, 0.2) is 0 Å². The number of urea groups is 1. The third-order valence-electron chi connectivity index (χ3n) is 2.35. The van der Waals surface area contributed by atoms with Gasteiger partial charge in [-0.3, -0.25) is 0 Å². The van der Waals surface area contributed by atoms with Gasteiger partial charge in [-0.25, -0.2) is 4.79 Å². The molecule has 88 valence electrons. The molecule has 1 fully saturated rings. The molecule has 2 N–H and O–H groups in total. The SMILES string of the molecule is CC(CO)NC(=O)N1CC(C)OC(C)C1. The van der Waals surface area contributed by atoms with Crippen LogP contribution in [0.4, 0.5) is 4.79 Å². The minimum Gasteiger partial charge on any atom is -0.394 e. The molecule has 0 aromatic carbocycles. The topological polar surface area (TPSA) is 61.8 Å². The normalized spacial score (nSPS) is 28.7. The highest BCUT2D eigenvalue weighted by atomic mass is 16.5. The number of rotatable bonds is 2. The lowest BCUT2D eigenvalue weighted by molar-refractivity contribution is -0.0548. The van der Waals surface area contributed by atoms with Crippen LogP contribution in [0.5, 0.6) is 0 Å². The van der Waals surface area contributed by atoms with E-state index in [1.807, 2.05) is 13.8 Å². The van der Waals surface area contributed by atoms with Crippen molar-refractivity contribution in [3.05, 3.63) is 0 Å². The Hall–Kier alpha value is -0.810. The summed E-state index contributed by atoms with van der Waals surface area (Å²) >= 11 is 0. The maximum Gasteiger partial charge on any atom is 0.317 e. The molecule has 0 saturated carbocycles. The Labute approximate surface area is 90.4 Å². The van der Waals surface area contributed by atoms with Crippen molar-refractivity contribution < 1.29 is 14.6 Å². The van der Waals surface area contributed by atoms with Crippen LogP contribution in [0, 0.1) is 0 Å². The number of hydrogen-bond acceptors (Lipinski definition) is 3. The second kappa shape index (κ2) is 5.32. The van der Waals surface area contributed by atoms with Crippen LogP contribution in [-0.2, 0) is 4.74 Å². The van der Waals surface area contributed by atoms with Gasteiger partial charge in [0.1, 0.15) is 0 Å². The predicted molar refractivity (Wildman–Crippen MR) is 56.7 cm³/mol. The summed E-state index contributed by atoms with van der Waals surface area (Å²) in [6, 6.07) is -0.329. The van der Waals surface area contributed by atoms with Crippen molar-refractivity contribution in [2.75, 3.05) is 19.7 Å². The van der Waals surface area contributed by atoms with Gasteiger partial charge in [-0.05, 0) is 20.8 Å². The van der Waals surface area contributed by atoms with E-state index in [4.69, 9.17) is 9.84 Å². The van der Waals surface area contributed by atoms with Gasteiger partial charge in [0.15, 0.2) is 0 Å². The molecule has 15 heavy (non-hydrogen) atoms. The molecule has 2 amide bonds. The Morgan fingerprint density at radius 1 is 1.53 bits per heavy atom. The number of carbonyl (C=O) groups is 1. The molecule has 1 saturated heterocycles. The molecule has 0 bridgehead atoms. The summed E-state index contributed by atoms with van der Waals surface area (Å²) in [4.78, 5) is 13.4. The van der Waals surface area contributed by atoms with Crippen LogP contribution >= 0.6 is 0 Å². The van der Waals surface area contributed by atoms with Gasteiger partial charge in [0.2, 0.25) is 0 Å². The lowest BCUT2D eigenvalue weighted by Gasteiger charge is -2.35. The van der Waals surface area contributed by atoms with Crippen molar-refractivity contribution in [3.63, 3.8) is 0 Å². The molecular formula is C10H20N2O3. The van der Waals surface area contributed by atoms with Crippen LogP contribution < -0.4 is 5.32 Å². The minimum absolute atomic E-state index is 0.0405. The van der Waals surface area contributed by atoms with E-state index in [2.05, 4.69) is 5.32 Å². The average Bonchev–Trinajstić information content (AvgIpc) is 2.16. The molecule has 0 aromatic rings. The van der Waals surface area contributed by atoms with Crippen LogP contribution in [0.3, 0.4) is 0 Å². The van der Waals surface area contributed by atoms with E-state index in [0.717, 1.165) is 0 Å². The average molecular weight is 216 g/mol. The number of aliphatic hydroxyl groups is 1. The highest BCUT2D eigenvalue weighted by Crippen LogP contribution is 2.10. The van der Waals surface area contributed by atoms with Gasteiger partial charge in [-0.1, -0.05) is 0 Å². The highest BCUT2D eigenvalue weighted by Gasteiger charge is 2.26. The second-order valence-corrected chi connectivity index (χ2v) is 4.20. The van der Waals surface area contributed by atoms with Crippen molar-refractivity contribution in [3.8, 4) is 0 Å². The molecule has 0 spiro atoms. The molecule has 3 atom stereocenters. The fraction of sp³-hybridized carbons (Fsp3) is 0.900. The summed E-state index contributed by atoms with van der Waals surface area (Å²) in [5.74, 6) is 0. The van der Waals surface area contributed by atoms with Gasteiger partial charge in [-0.2, -0.15) is 0 Å². The van der Waals surface area contributed by atoms with E-state index in [-0.39, 0.29) is 30.9 Å². The fourth-order valence-corrected chi connectivity index (χ4v) is 1.69. The Morgan fingerprint density at radius 3 is 2.53 bits per heavy atom. The quantitative estimate of drug-likeness (QED) is 0.692. The zero-order valence-electron chi connectivity index (χ0n) is 9.56. The van der Waals surface area contributed by atoms with Crippen molar-refractivity contribution in [2.45, 2.75) is 39.0 Å². The third kappa shape index (κ3) is 3.68. The van der Waals surface area contributed by atoms with E-state index in [1.165, 1.54) is 0 Å². The maximum absolute atomic E-state index is 11.7. The number of amides is 2. The summed E-state index contributed by atoms with van der Waals surface area (Å²) in [5, 5.41) is 11.5. The molecule has 5 heteroatoms. The fourth-order valence-electron chi connectivity index (χ4n) is 1.69. The second-order valence-electron chi connectivity index (χ2n) is 4.20. The summed E-state index contributed by atoms with van der Waals surface area (Å²) in [6.07, 6.45) is 0.146. The molecule has 0 radical (unpaired) electrons. The van der Waals surface area contributed by atoms with E-state index >= 15 is 0 Å². The predicted octanol–water partition coefficient (Wildman–Crippen LogP) is 0.186. The molecule has 0 aliphatic carbocycles. The first-order valence-electron chi connectivity index (χ1n) is 5.34. The maximum atomic E-state index is 11.7. The van der Waals surface area contributed by atoms with Crippen molar-refractivity contribution in [2.24, 2.45) is 0 Å². The Balaban J connectivity index is 2.44. The number of ether oxygens (including phenoxy) is 1. The Bertz CT molecular complexity index is 213. The molecule has 5 nitrogen and oxygen atoms in total. The van der Waals surface area contributed by atoms with Crippen molar-refractivity contribution >= 4 is 6.03 Å². The molecule has 3 unspecified atom stereocenters. The number of aliphatic hydroxyl groups excluding tert-OH is 1. The minimum atomic E-state index is -0.203. The summed E-state index contributed by atoms with van der Waals surface area (Å²) in [6.45, 7) is 6.84. The van der Waals surface area contributed by atoms with E-state index in [0.29, 0.717) is 13.1 Å². The van der Waals surface area contributed by atoms with Crippen LogP contribution in [-0.4, -0.2) is 54.0 Å². The highest BCUT2D eigenvalue weighted by molar-refractivity contribution is 5.74. The van der Waals surface area contributed by atoms with E-state index in [1.54, 1.807) is 11.8 Å². The van der Waals surface area contributed by atoms with Gasteiger partial charge in [-0.15, -0.1) is 0 Å². The lowest BCUT2D eigenvalue weighted by Crippen LogP contribution is -2.53. The zero-order chi connectivity index (χ0) is 11.4. The summed E-state index contributed by atoms with van der Waals surface area (Å²) in [7, 11) is 0. The molecule has 1 heterocycles. The first kappa shape index (κ1) is 12.3. The van der Waals surface area contributed by atoms with Crippen molar-refractivity contribution in [1.29, 1.82) is 0 Å². The van der Waals surface area contributed by atoms with Gasteiger partial charge >= 0.3 is 6.03 Å². The molecule has 0 aromatic heterocycles. The smallest absolute Gasteiger partial charge is 0.317 e. The standard InChI is InChI=1S/C10H20N2O3/c1-7(6-13)11-10(14)12-4-8(2)15-9(3)5-12/h7-9,13H,4-6H2,1-3H3,(H,11,14). The summed E-state index contributed by atoms with van der Waals surface area (Å²) < 4.78 is 5.53. The zero-order valence-corrected chi connectivity index (χ0v) is 9.56. The molecular weight excluding hydrogens is 196 g/mol. The van der Waals surface area contributed by atoms with E-state index < -0.39 is 0 Å². The number of hydrogen-bond donors (Lipinski definition) is 2. The van der Waals surface area contributed by atoms with Gasteiger partial charge in [0, 0.05) is 13.1 Å². The van der Waals surface area contributed by atoms with E-state index in [9.17, 15) is 4.79 Å². The number of carbonyl (C=O) groups excluding carboxylic acids is 1. The largest absolute Gasteiger partial charge is 0.394 e. The monoisotopic (exact) mass is 216 g/mol. The van der Waals surface area contributed by atoms with Gasteiger partial charge in [0.25, 0.3) is 0 Å². The molecule has 1 aliphatic rings. The van der Waals surface area contributed by atoms with Crippen LogP contribution in [0.25, 0.3) is 0 Å². The van der Waals surface area contributed by atoms with Crippen molar-refractivity contribution in [1.82, 2.24) is 10.2 Å². The Kier molecular flexibility index (Phi) is 4.35. The lowest BCUT2D eigenvalue weighted by atomic mass is 10.2. The first-order chi connectivity index (χ1) is 7.02. The van der Waals surface area contributed by atoms with Gasteiger partial charge in [0.05, 0.1) is 24.9 Å². The summed E-state index contributed by atoms with van der Waals surface area (Å²) in [5.41, 5.74) is 0. The third-order valence-corrected chi connectivity index (χ3v) is 2.35.